The minimum Gasteiger partial charge on any atom is -0.341 e. The Hall–Kier alpha value is -2.42. The highest BCUT2D eigenvalue weighted by Crippen LogP contribution is 2.25. The lowest BCUT2D eigenvalue weighted by Gasteiger charge is -2.17. The molecule has 8 nitrogen and oxygen atoms in total. The van der Waals surface area contributed by atoms with Crippen LogP contribution in [0.2, 0.25) is 0 Å². The van der Waals surface area contributed by atoms with Crippen LogP contribution in [0.25, 0.3) is 11.7 Å². The maximum atomic E-state index is 11.8. The van der Waals surface area contributed by atoms with E-state index in [1.807, 2.05) is 6.26 Å². The molecule has 2 aliphatic heterocycles. The van der Waals surface area contributed by atoms with E-state index >= 15 is 0 Å². The molecular formula is C15H16N6O2S. The van der Waals surface area contributed by atoms with Gasteiger partial charge in [0.05, 0.1) is 12.6 Å². The molecule has 4 rings (SSSR count). The van der Waals surface area contributed by atoms with Crippen molar-refractivity contribution in [2.24, 2.45) is 0 Å². The summed E-state index contributed by atoms with van der Waals surface area (Å²) in [6, 6.07) is 0. The lowest BCUT2D eigenvalue weighted by molar-refractivity contribution is -0.124. The quantitative estimate of drug-likeness (QED) is 0.502. The first-order chi connectivity index (χ1) is 11.7. The van der Waals surface area contributed by atoms with Crippen LogP contribution in [0.5, 0.6) is 0 Å². The van der Waals surface area contributed by atoms with Gasteiger partial charge in [-0.3, -0.25) is 14.9 Å². The first-order valence-electron chi connectivity index (χ1n) is 7.75. The number of imide groups is 1. The number of aromatic nitrogens is 4. The third-order valence-electron chi connectivity index (χ3n) is 4.15. The second kappa shape index (κ2) is 5.90. The average molecular weight is 344 g/mol. The normalized spacial score (nSPS) is 19.7. The van der Waals surface area contributed by atoms with Crippen molar-refractivity contribution in [1.82, 2.24) is 24.9 Å². The number of hydrogen-bond donors (Lipinski definition) is 1. The van der Waals surface area contributed by atoms with E-state index in [1.165, 1.54) is 11.8 Å². The van der Waals surface area contributed by atoms with Crippen molar-refractivity contribution < 1.29 is 9.59 Å². The maximum Gasteiger partial charge on any atom is 0.254 e. The van der Waals surface area contributed by atoms with E-state index in [0.29, 0.717) is 21.9 Å². The Kier molecular flexibility index (Phi) is 3.72. The predicted molar refractivity (Wildman–Crippen MR) is 89.8 cm³/mol. The molecule has 2 aromatic heterocycles. The van der Waals surface area contributed by atoms with Crippen LogP contribution in [0, 0.1) is 0 Å². The first kappa shape index (κ1) is 15.1. The fraction of sp³-hybridized carbons (Fsp3) is 0.400. The Balaban J connectivity index is 1.83. The van der Waals surface area contributed by atoms with Gasteiger partial charge in [-0.15, -0.1) is 0 Å². The molecule has 0 aromatic carbocycles. The van der Waals surface area contributed by atoms with Crippen LogP contribution in [-0.4, -0.2) is 50.7 Å². The molecule has 0 unspecified atom stereocenters. The number of carbonyl (C=O) groups excluding carboxylic acids is 2. The van der Waals surface area contributed by atoms with Crippen LogP contribution in [0.15, 0.2) is 16.9 Å². The van der Waals surface area contributed by atoms with Gasteiger partial charge in [0, 0.05) is 24.2 Å². The largest absolute Gasteiger partial charge is 0.341 e. The van der Waals surface area contributed by atoms with E-state index in [4.69, 9.17) is 0 Å². The van der Waals surface area contributed by atoms with Crippen molar-refractivity contribution in [1.29, 1.82) is 0 Å². The highest BCUT2D eigenvalue weighted by Gasteiger charge is 2.25. The Morgan fingerprint density at radius 2 is 2.04 bits per heavy atom. The Morgan fingerprint density at radius 3 is 2.71 bits per heavy atom. The highest BCUT2D eigenvalue weighted by atomic mass is 32.2. The molecule has 4 heterocycles. The molecule has 2 aromatic rings. The lowest BCUT2D eigenvalue weighted by Crippen LogP contribution is -2.23. The number of carbonyl (C=O) groups is 2. The van der Waals surface area contributed by atoms with Crippen LogP contribution in [0.3, 0.4) is 0 Å². The zero-order chi connectivity index (χ0) is 16.7. The molecule has 2 saturated heterocycles. The standard InChI is InChI=1S/C15H16N6O2S/c1-24-14-18-12-10(6-9-7-11(22)17-13(9)23)8-16-21(12)15(19-14)20-4-2-3-5-20/h6,8H,2-5,7H2,1H3,(H,17,22,23)/b9-6+. The van der Waals surface area contributed by atoms with Crippen molar-refractivity contribution in [3.05, 3.63) is 17.3 Å². The minimum atomic E-state index is -0.349. The summed E-state index contributed by atoms with van der Waals surface area (Å²) in [6.07, 6.45) is 7.65. The van der Waals surface area contributed by atoms with Gasteiger partial charge in [0.2, 0.25) is 11.9 Å². The molecule has 2 fully saturated rings. The van der Waals surface area contributed by atoms with Crippen LogP contribution in [0.1, 0.15) is 24.8 Å². The lowest BCUT2D eigenvalue weighted by atomic mass is 10.1. The molecular weight excluding hydrogens is 328 g/mol. The second-order valence-electron chi connectivity index (χ2n) is 5.76. The molecule has 24 heavy (non-hydrogen) atoms. The summed E-state index contributed by atoms with van der Waals surface area (Å²) >= 11 is 1.47. The van der Waals surface area contributed by atoms with Gasteiger partial charge < -0.3 is 4.90 Å². The van der Waals surface area contributed by atoms with E-state index in [-0.39, 0.29) is 18.2 Å². The minimum absolute atomic E-state index is 0.0929. The number of anilines is 1. The van der Waals surface area contributed by atoms with Gasteiger partial charge in [-0.05, 0) is 25.2 Å². The zero-order valence-electron chi connectivity index (χ0n) is 13.2. The van der Waals surface area contributed by atoms with Crippen LogP contribution in [-0.2, 0) is 9.59 Å². The Labute approximate surface area is 142 Å². The summed E-state index contributed by atoms with van der Waals surface area (Å²) in [5.74, 6) is 0.150. The van der Waals surface area contributed by atoms with Crippen molar-refractivity contribution >= 4 is 41.2 Å². The molecule has 0 radical (unpaired) electrons. The van der Waals surface area contributed by atoms with Gasteiger partial charge >= 0.3 is 0 Å². The number of thioether (sulfide) groups is 1. The number of rotatable bonds is 3. The molecule has 0 bridgehead atoms. The number of hydrogen-bond acceptors (Lipinski definition) is 7. The Bertz CT molecular complexity index is 868. The van der Waals surface area contributed by atoms with Crippen molar-refractivity contribution in [3.8, 4) is 0 Å². The van der Waals surface area contributed by atoms with Crippen molar-refractivity contribution in [3.63, 3.8) is 0 Å². The molecule has 9 heteroatoms. The number of amides is 2. The van der Waals surface area contributed by atoms with E-state index in [2.05, 4.69) is 25.3 Å². The summed E-state index contributed by atoms with van der Waals surface area (Å²) in [5.41, 5.74) is 1.80. The Morgan fingerprint density at radius 1 is 1.25 bits per heavy atom. The third kappa shape index (κ3) is 2.54. The van der Waals surface area contributed by atoms with Crippen LogP contribution < -0.4 is 10.2 Å². The van der Waals surface area contributed by atoms with E-state index in [0.717, 1.165) is 31.9 Å². The topological polar surface area (TPSA) is 92.5 Å². The zero-order valence-corrected chi connectivity index (χ0v) is 14.0. The monoisotopic (exact) mass is 344 g/mol. The van der Waals surface area contributed by atoms with E-state index in [1.54, 1.807) is 16.8 Å². The van der Waals surface area contributed by atoms with Crippen LogP contribution in [0.4, 0.5) is 5.95 Å². The maximum absolute atomic E-state index is 11.8. The smallest absolute Gasteiger partial charge is 0.254 e. The molecule has 0 spiro atoms. The number of fused-ring (bicyclic) bond motifs is 1. The molecule has 2 amide bonds. The molecule has 124 valence electrons. The van der Waals surface area contributed by atoms with Gasteiger partial charge in [0.25, 0.3) is 5.91 Å². The van der Waals surface area contributed by atoms with Crippen LogP contribution >= 0.6 is 11.8 Å². The SMILES string of the molecule is CSc1nc(N2CCCC2)n2ncc(/C=C3\CC(=O)NC3=O)c2n1. The highest BCUT2D eigenvalue weighted by molar-refractivity contribution is 7.98. The van der Waals surface area contributed by atoms with Crippen molar-refractivity contribution in [2.75, 3.05) is 24.2 Å². The second-order valence-corrected chi connectivity index (χ2v) is 6.54. The number of nitrogens with zero attached hydrogens (tertiary/aromatic N) is 5. The van der Waals surface area contributed by atoms with E-state index in [9.17, 15) is 9.59 Å². The van der Waals surface area contributed by atoms with Gasteiger partial charge in [0.1, 0.15) is 0 Å². The summed E-state index contributed by atoms with van der Waals surface area (Å²) < 4.78 is 1.71. The molecule has 2 aliphatic rings. The molecule has 0 atom stereocenters. The van der Waals surface area contributed by atoms with Gasteiger partial charge in [0.15, 0.2) is 10.8 Å². The van der Waals surface area contributed by atoms with Gasteiger partial charge in [-0.1, -0.05) is 11.8 Å². The summed E-state index contributed by atoms with van der Waals surface area (Å²) in [4.78, 5) is 34.5. The average Bonchev–Trinajstić information content (AvgIpc) is 3.28. The first-order valence-corrected chi connectivity index (χ1v) is 8.97. The summed E-state index contributed by atoms with van der Waals surface area (Å²) in [7, 11) is 0. The molecule has 0 saturated carbocycles. The van der Waals surface area contributed by atoms with Gasteiger partial charge in [-0.2, -0.15) is 14.6 Å². The fourth-order valence-electron chi connectivity index (χ4n) is 2.98. The van der Waals surface area contributed by atoms with E-state index < -0.39 is 0 Å². The predicted octanol–water partition coefficient (Wildman–Crippen LogP) is 0.876. The van der Waals surface area contributed by atoms with Crippen molar-refractivity contribution in [2.45, 2.75) is 24.4 Å². The molecule has 1 N–H and O–H groups in total. The summed E-state index contributed by atoms with van der Waals surface area (Å²) in [5, 5.41) is 7.36. The third-order valence-corrected chi connectivity index (χ3v) is 4.70. The number of nitrogens with one attached hydrogen (secondary N) is 1. The fourth-order valence-corrected chi connectivity index (χ4v) is 3.34. The molecule has 0 aliphatic carbocycles. The van der Waals surface area contributed by atoms with Gasteiger partial charge in [-0.25, -0.2) is 4.98 Å². The summed E-state index contributed by atoms with van der Waals surface area (Å²) in [6.45, 7) is 1.90.